The summed E-state index contributed by atoms with van der Waals surface area (Å²) in [5.41, 5.74) is 11.3. The number of anilines is 3. The Morgan fingerprint density at radius 2 is 2.05 bits per heavy atom. The van der Waals surface area contributed by atoms with Crippen molar-refractivity contribution in [3.63, 3.8) is 0 Å². The van der Waals surface area contributed by atoms with Crippen molar-refractivity contribution < 1.29 is 4.42 Å². The van der Waals surface area contributed by atoms with E-state index in [0.717, 1.165) is 37.6 Å². The number of aromatic nitrogens is 2. The molecule has 0 unspecified atom stereocenters. The number of benzene rings is 2. The number of para-hydroxylation sites is 1. The first-order valence-electron chi connectivity index (χ1n) is 6.90. The highest BCUT2D eigenvalue weighted by atomic mass is 32.1. The van der Waals surface area contributed by atoms with Gasteiger partial charge < -0.3 is 10.2 Å². The van der Waals surface area contributed by atoms with Crippen LogP contribution in [0.3, 0.4) is 0 Å². The van der Waals surface area contributed by atoms with Crippen LogP contribution in [0.4, 0.5) is 16.8 Å². The number of aryl methyl sites for hydroxylation is 2. The van der Waals surface area contributed by atoms with Crippen LogP contribution in [-0.4, -0.2) is 9.97 Å². The van der Waals surface area contributed by atoms with Gasteiger partial charge in [0.15, 0.2) is 10.7 Å². The fraction of sp³-hybridized carbons (Fsp3) is 0.125. The highest BCUT2D eigenvalue weighted by molar-refractivity contribution is 7.22. The number of hydrogen-bond donors (Lipinski definition) is 2. The zero-order valence-corrected chi connectivity index (χ0v) is 13.0. The smallest absolute Gasteiger partial charge is 0.302 e. The Morgan fingerprint density at radius 3 is 2.86 bits per heavy atom. The van der Waals surface area contributed by atoms with Crippen LogP contribution >= 0.6 is 11.3 Å². The molecule has 0 aliphatic heterocycles. The van der Waals surface area contributed by atoms with Crippen LogP contribution in [0.1, 0.15) is 11.1 Å². The van der Waals surface area contributed by atoms with Crippen molar-refractivity contribution in [2.45, 2.75) is 13.8 Å². The molecular weight excluding hydrogens is 296 g/mol. The molecule has 0 aliphatic rings. The number of thiazole rings is 1. The van der Waals surface area contributed by atoms with Crippen molar-refractivity contribution in [3.8, 4) is 0 Å². The molecule has 5 nitrogen and oxygen atoms in total. The monoisotopic (exact) mass is 310 g/mol. The molecule has 4 rings (SSSR count). The highest BCUT2D eigenvalue weighted by Gasteiger charge is 2.12. The molecule has 0 amide bonds. The molecule has 0 atom stereocenters. The van der Waals surface area contributed by atoms with Gasteiger partial charge in [-0.15, -0.1) is 0 Å². The molecule has 0 saturated heterocycles. The number of fused-ring (bicyclic) bond motifs is 2. The van der Waals surface area contributed by atoms with Gasteiger partial charge in [-0.3, -0.25) is 5.32 Å². The minimum absolute atomic E-state index is 0.443. The molecule has 3 N–H and O–H groups in total. The Bertz CT molecular complexity index is 1000. The van der Waals surface area contributed by atoms with Crippen LogP contribution in [0.25, 0.3) is 21.3 Å². The summed E-state index contributed by atoms with van der Waals surface area (Å²) in [5.74, 6) is 0. The lowest BCUT2D eigenvalue weighted by atomic mass is 10.2. The van der Waals surface area contributed by atoms with Gasteiger partial charge in [0.1, 0.15) is 11.0 Å². The zero-order chi connectivity index (χ0) is 15.3. The molecule has 0 fully saturated rings. The Hall–Kier alpha value is -2.60. The Labute approximate surface area is 130 Å². The predicted octanol–water partition coefficient (Wildman–Crippen LogP) is 4.38. The van der Waals surface area contributed by atoms with Crippen LogP contribution in [0, 0.1) is 13.8 Å². The van der Waals surface area contributed by atoms with Crippen LogP contribution in [0.5, 0.6) is 0 Å². The van der Waals surface area contributed by atoms with Crippen LogP contribution in [0.2, 0.25) is 0 Å². The molecule has 0 radical (unpaired) electrons. The van der Waals surface area contributed by atoms with Gasteiger partial charge in [0.25, 0.3) is 0 Å². The first-order valence-corrected chi connectivity index (χ1v) is 7.71. The van der Waals surface area contributed by atoms with Gasteiger partial charge in [-0.1, -0.05) is 23.5 Å². The summed E-state index contributed by atoms with van der Waals surface area (Å²) in [5, 5.41) is 3.85. The maximum Gasteiger partial charge on any atom is 0.302 e. The SMILES string of the molecule is Cc1cc(N)c2nc(Nc3nc4cccc(C)c4o3)sc2c1. The van der Waals surface area contributed by atoms with Crippen molar-refractivity contribution in [1.29, 1.82) is 0 Å². The minimum atomic E-state index is 0.443. The van der Waals surface area contributed by atoms with E-state index in [2.05, 4.69) is 21.4 Å². The lowest BCUT2D eigenvalue weighted by Crippen LogP contribution is -1.90. The molecule has 0 bridgehead atoms. The van der Waals surface area contributed by atoms with Crippen LogP contribution in [-0.2, 0) is 0 Å². The minimum Gasteiger partial charge on any atom is -0.423 e. The van der Waals surface area contributed by atoms with E-state index in [-0.39, 0.29) is 0 Å². The zero-order valence-electron chi connectivity index (χ0n) is 12.2. The number of nitrogens with one attached hydrogen (secondary N) is 1. The summed E-state index contributed by atoms with van der Waals surface area (Å²) in [6.07, 6.45) is 0. The van der Waals surface area contributed by atoms with Crippen LogP contribution in [0.15, 0.2) is 34.7 Å². The molecule has 6 heteroatoms. The number of nitrogens with zero attached hydrogens (tertiary/aromatic N) is 2. The van der Waals surface area contributed by atoms with Gasteiger partial charge in [0.2, 0.25) is 0 Å². The van der Waals surface area contributed by atoms with Crippen LogP contribution < -0.4 is 11.1 Å². The van der Waals surface area contributed by atoms with E-state index in [0.29, 0.717) is 11.7 Å². The average Bonchev–Trinajstić information content (AvgIpc) is 3.03. The maximum atomic E-state index is 6.02. The molecule has 110 valence electrons. The van der Waals surface area contributed by atoms with E-state index in [1.807, 2.05) is 38.1 Å². The van der Waals surface area contributed by atoms with Gasteiger partial charge >= 0.3 is 6.01 Å². The summed E-state index contributed by atoms with van der Waals surface area (Å²) in [6.45, 7) is 4.02. The second kappa shape index (κ2) is 4.71. The van der Waals surface area contributed by atoms with Gasteiger partial charge in [0.05, 0.1) is 10.4 Å². The standard InChI is InChI=1S/C16H14N4OS/c1-8-6-10(17)13-12(7-8)22-16(19-13)20-15-18-11-5-3-4-9(2)14(11)21-15/h3-7H,17H2,1-2H3,(H,18,19,20). The number of nitrogen functional groups attached to an aromatic ring is 1. The number of hydrogen-bond acceptors (Lipinski definition) is 6. The van der Waals surface area contributed by atoms with Crippen molar-refractivity contribution in [2.24, 2.45) is 0 Å². The van der Waals surface area contributed by atoms with Gasteiger partial charge in [0, 0.05) is 0 Å². The van der Waals surface area contributed by atoms with Crippen molar-refractivity contribution in [3.05, 3.63) is 41.5 Å². The summed E-state index contributed by atoms with van der Waals surface area (Å²) < 4.78 is 6.81. The van der Waals surface area contributed by atoms with Gasteiger partial charge in [-0.05, 0) is 43.2 Å². The lowest BCUT2D eigenvalue weighted by molar-refractivity contribution is 0.620. The molecule has 4 aromatic rings. The third kappa shape index (κ3) is 2.08. The molecule has 22 heavy (non-hydrogen) atoms. The van der Waals surface area contributed by atoms with E-state index in [4.69, 9.17) is 10.2 Å². The van der Waals surface area contributed by atoms with Gasteiger partial charge in [-0.25, -0.2) is 4.98 Å². The maximum absolute atomic E-state index is 6.02. The topological polar surface area (TPSA) is 77.0 Å². The fourth-order valence-electron chi connectivity index (χ4n) is 2.48. The average molecular weight is 310 g/mol. The summed E-state index contributed by atoms with van der Waals surface area (Å²) >= 11 is 1.53. The predicted molar refractivity (Wildman–Crippen MR) is 90.8 cm³/mol. The number of nitrogens with two attached hydrogens (primary N) is 1. The van der Waals surface area contributed by atoms with E-state index in [1.54, 1.807) is 0 Å². The summed E-state index contributed by atoms with van der Waals surface area (Å²) in [7, 11) is 0. The highest BCUT2D eigenvalue weighted by Crippen LogP contribution is 2.33. The molecule has 2 aromatic carbocycles. The summed E-state index contributed by atoms with van der Waals surface area (Å²) in [6, 6.07) is 10.3. The van der Waals surface area contributed by atoms with Crippen molar-refractivity contribution in [1.82, 2.24) is 9.97 Å². The number of oxazole rings is 1. The third-order valence-corrected chi connectivity index (χ3v) is 4.41. The largest absolute Gasteiger partial charge is 0.423 e. The summed E-state index contributed by atoms with van der Waals surface area (Å²) in [4.78, 5) is 8.96. The Balaban J connectivity index is 1.75. The van der Waals surface area contributed by atoms with E-state index < -0.39 is 0 Å². The third-order valence-electron chi connectivity index (χ3n) is 3.49. The molecular formula is C16H14N4OS. The van der Waals surface area contributed by atoms with E-state index in [9.17, 15) is 0 Å². The Morgan fingerprint density at radius 1 is 1.18 bits per heavy atom. The number of rotatable bonds is 2. The van der Waals surface area contributed by atoms with Crippen molar-refractivity contribution >= 4 is 49.5 Å². The molecule has 2 heterocycles. The normalized spacial score (nSPS) is 11.4. The molecule has 2 aromatic heterocycles. The second-order valence-corrected chi connectivity index (χ2v) is 6.32. The first-order chi connectivity index (χ1) is 10.6. The quantitative estimate of drug-likeness (QED) is 0.537. The van der Waals surface area contributed by atoms with E-state index >= 15 is 0 Å². The molecule has 0 aliphatic carbocycles. The van der Waals surface area contributed by atoms with E-state index in [1.165, 1.54) is 11.3 Å². The first kappa shape index (κ1) is 13.1. The van der Waals surface area contributed by atoms with Crippen molar-refractivity contribution in [2.75, 3.05) is 11.1 Å². The molecule has 0 spiro atoms. The lowest BCUT2D eigenvalue weighted by Gasteiger charge is -1.96. The fourth-order valence-corrected chi connectivity index (χ4v) is 3.47. The second-order valence-electron chi connectivity index (χ2n) is 5.29. The molecule has 0 saturated carbocycles. The van der Waals surface area contributed by atoms with Gasteiger partial charge in [-0.2, -0.15) is 4.98 Å². The Kier molecular flexibility index (Phi) is 2.80.